The zero-order valence-corrected chi connectivity index (χ0v) is 28.5. The Morgan fingerprint density at radius 2 is 1.63 bits per heavy atom. The molecule has 0 fully saturated rings. The minimum Gasteiger partial charge on any atom is -0.496 e. The zero-order chi connectivity index (χ0) is 35.8. The van der Waals surface area contributed by atoms with Crippen molar-refractivity contribution in [2.75, 3.05) is 33.9 Å². The summed E-state index contributed by atoms with van der Waals surface area (Å²) in [4.78, 5) is 79.9. The number of methoxy groups -OCH3 is 2. The van der Waals surface area contributed by atoms with Crippen molar-refractivity contribution in [3.63, 3.8) is 0 Å². The van der Waals surface area contributed by atoms with Crippen LogP contribution in [0.3, 0.4) is 0 Å². The molecule has 1 aromatic heterocycles. The maximum atomic E-state index is 13.7. The topological polar surface area (TPSA) is 179 Å². The molecular weight excluding hydrogens is 636 g/mol. The second kappa shape index (κ2) is 16.0. The first-order valence-electron chi connectivity index (χ1n) is 15.8. The molecule has 1 atom stereocenters. The highest BCUT2D eigenvalue weighted by molar-refractivity contribution is 5.96. The molecule has 0 unspecified atom stereocenters. The van der Waals surface area contributed by atoms with Crippen LogP contribution in [-0.4, -0.2) is 77.6 Å². The van der Waals surface area contributed by atoms with E-state index in [-0.39, 0.29) is 42.9 Å². The Balaban J connectivity index is 1.71. The molecular formula is C34H42N6O9. The van der Waals surface area contributed by atoms with Crippen molar-refractivity contribution in [1.82, 2.24) is 30.0 Å². The predicted octanol–water partition coefficient (Wildman–Crippen LogP) is 1.32. The average Bonchev–Trinajstić information content (AvgIpc) is 3.08. The van der Waals surface area contributed by atoms with Crippen LogP contribution >= 0.6 is 0 Å². The van der Waals surface area contributed by atoms with Crippen LogP contribution in [0, 0.1) is 5.92 Å². The van der Waals surface area contributed by atoms with Gasteiger partial charge in [-0.2, -0.15) is 0 Å². The van der Waals surface area contributed by atoms with E-state index >= 15 is 0 Å². The Kier molecular flexibility index (Phi) is 11.8. The zero-order valence-electron chi connectivity index (χ0n) is 28.5. The molecule has 2 bridgehead atoms. The second-order valence-electron chi connectivity index (χ2n) is 11.9. The Labute approximate surface area is 283 Å². The molecule has 2 aromatic carbocycles. The summed E-state index contributed by atoms with van der Waals surface area (Å²) in [6, 6.07) is 9.94. The molecule has 1 aliphatic heterocycles. The Hall–Kier alpha value is -5.60. The molecule has 15 nitrogen and oxygen atoms in total. The SMILES string of the molecule is COc1ccc2cc1Oc1cccc(OC)c1CNC(=O)[C@@H](C(C)C)NC(=O)CN(C(=O)c1cc(=O)n(C)c(=O)n1C)CCCCNC2=O. The van der Waals surface area contributed by atoms with E-state index in [4.69, 9.17) is 14.2 Å². The maximum Gasteiger partial charge on any atom is 0.331 e. The third-order valence-electron chi connectivity index (χ3n) is 8.17. The number of rotatable bonds is 4. The summed E-state index contributed by atoms with van der Waals surface area (Å²) in [5.41, 5.74) is -0.754. The molecule has 0 aliphatic carbocycles. The first-order valence-corrected chi connectivity index (χ1v) is 15.8. The van der Waals surface area contributed by atoms with Crippen LogP contribution in [-0.2, 0) is 30.2 Å². The molecule has 0 saturated carbocycles. The van der Waals surface area contributed by atoms with Gasteiger partial charge in [0, 0.05) is 38.8 Å². The summed E-state index contributed by atoms with van der Waals surface area (Å²) < 4.78 is 19.2. The highest BCUT2D eigenvalue weighted by atomic mass is 16.5. The van der Waals surface area contributed by atoms with Gasteiger partial charge < -0.3 is 35.1 Å². The van der Waals surface area contributed by atoms with Gasteiger partial charge in [0.2, 0.25) is 11.8 Å². The maximum absolute atomic E-state index is 13.7. The molecule has 4 rings (SSSR count). The lowest BCUT2D eigenvalue weighted by Crippen LogP contribution is -2.52. The van der Waals surface area contributed by atoms with E-state index in [1.54, 1.807) is 50.2 Å². The van der Waals surface area contributed by atoms with E-state index in [1.807, 2.05) is 0 Å². The number of aromatic nitrogens is 2. The number of nitrogens with one attached hydrogen (secondary N) is 3. The lowest BCUT2D eigenvalue weighted by atomic mass is 10.0. The number of carbonyl (C=O) groups excluding carboxylic acids is 4. The van der Waals surface area contributed by atoms with E-state index in [9.17, 15) is 28.8 Å². The van der Waals surface area contributed by atoms with Gasteiger partial charge in [0.05, 0.1) is 32.9 Å². The molecule has 0 saturated heterocycles. The Morgan fingerprint density at radius 3 is 2.33 bits per heavy atom. The lowest BCUT2D eigenvalue weighted by Gasteiger charge is -2.26. The Bertz CT molecular complexity index is 1850. The van der Waals surface area contributed by atoms with Gasteiger partial charge in [-0.3, -0.25) is 33.1 Å². The van der Waals surface area contributed by atoms with Crippen LogP contribution in [0.1, 0.15) is 53.1 Å². The highest BCUT2D eigenvalue weighted by Gasteiger charge is 2.28. The highest BCUT2D eigenvalue weighted by Crippen LogP contribution is 2.37. The van der Waals surface area contributed by atoms with E-state index in [2.05, 4.69) is 16.0 Å². The van der Waals surface area contributed by atoms with Crippen molar-refractivity contribution in [2.45, 2.75) is 39.3 Å². The van der Waals surface area contributed by atoms with Gasteiger partial charge in [-0.1, -0.05) is 19.9 Å². The number of fused-ring (bicyclic) bond motifs is 3. The summed E-state index contributed by atoms with van der Waals surface area (Å²) in [5.74, 6) is -1.13. The smallest absolute Gasteiger partial charge is 0.331 e. The molecule has 49 heavy (non-hydrogen) atoms. The van der Waals surface area contributed by atoms with Gasteiger partial charge in [0.1, 0.15) is 23.2 Å². The molecule has 3 aromatic rings. The van der Waals surface area contributed by atoms with Gasteiger partial charge >= 0.3 is 5.69 Å². The van der Waals surface area contributed by atoms with Crippen LogP contribution in [0.5, 0.6) is 23.0 Å². The van der Waals surface area contributed by atoms with Crippen LogP contribution < -0.4 is 41.4 Å². The third kappa shape index (κ3) is 8.47. The molecule has 0 radical (unpaired) electrons. The number of benzene rings is 2. The van der Waals surface area contributed by atoms with Crippen molar-refractivity contribution < 1.29 is 33.4 Å². The van der Waals surface area contributed by atoms with Crippen LogP contribution in [0.2, 0.25) is 0 Å². The van der Waals surface area contributed by atoms with Gasteiger partial charge in [0.15, 0.2) is 11.5 Å². The van der Waals surface area contributed by atoms with E-state index in [0.29, 0.717) is 41.2 Å². The average molecular weight is 679 g/mol. The van der Waals surface area contributed by atoms with Crippen LogP contribution in [0.4, 0.5) is 0 Å². The number of hydrogen-bond acceptors (Lipinski definition) is 9. The predicted molar refractivity (Wildman–Crippen MR) is 179 cm³/mol. The van der Waals surface area contributed by atoms with Crippen molar-refractivity contribution in [2.24, 2.45) is 20.0 Å². The standard InChI is InChI=1S/C34H42N6O9/c1-20(2)30-32(44)36-18-22-24(47-5)10-9-11-25(22)49-27-16-21(12-13-26(27)48-6)31(43)35-14-7-8-15-40(19-28(41)37-30)33(45)23-17-29(42)39(4)34(46)38(23)3/h9-13,16-17,20,30H,7-8,14-15,18-19H2,1-6H3,(H,35,43)(H,36,44)(H,37,41)/t30-/m1/s1. The number of amides is 4. The minimum atomic E-state index is -0.977. The molecule has 3 N–H and O–H groups in total. The second-order valence-corrected chi connectivity index (χ2v) is 11.9. The lowest BCUT2D eigenvalue weighted by molar-refractivity contribution is -0.130. The van der Waals surface area contributed by atoms with E-state index < -0.39 is 41.6 Å². The fraction of sp³-hybridized carbons (Fsp3) is 0.412. The third-order valence-corrected chi connectivity index (χ3v) is 8.17. The van der Waals surface area contributed by atoms with Crippen molar-refractivity contribution in [3.8, 4) is 23.0 Å². The van der Waals surface area contributed by atoms with Crippen LogP contribution in [0.15, 0.2) is 52.1 Å². The van der Waals surface area contributed by atoms with Crippen molar-refractivity contribution in [3.05, 3.63) is 80.1 Å². The fourth-order valence-electron chi connectivity index (χ4n) is 5.32. The quantitative estimate of drug-likeness (QED) is 0.367. The molecule has 262 valence electrons. The van der Waals surface area contributed by atoms with Gasteiger partial charge in [-0.25, -0.2) is 4.79 Å². The summed E-state index contributed by atoms with van der Waals surface area (Å²) in [5, 5.41) is 8.44. The van der Waals surface area contributed by atoms with E-state index in [1.165, 1.54) is 33.2 Å². The minimum absolute atomic E-state index is 0.0403. The fourth-order valence-corrected chi connectivity index (χ4v) is 5.32. The number of ether oxygens (including phenoxy) is 3. The first-order chi connectivity index (χ1) is 23.4. The van der Waals surface area contributed by atoms with Crippen molar-refractivity contribution in [1.29, 1.82) is 0 Å². The van der Waals surface area contributed by atoms with Gasteiger partial charge in [-0.05, 0) is 49.1 Å². The summed E-state index contributed by atoms with van der Waals surface area (Å²) in [7, 11) is 5.62. The molecule has 2 heterocycles. The normalized spacial score (nSPS) is 16.4. The van der Waals surface area contributed by atoms with Crippen molar-refractivity contribution >= 4 is 23.6 Å². The van der Waals surface area contributed by atoms with Gasteiger partial charge in [0.25, 0.3) is 17.4 Å². The number of nitrogens with zero attached hydrogens (tertiary/aromatic N) is 3. The molecule has 15 heteroatoms. The summed E-state index contributed by atoms with van der Waals surface area (Å²) in [6.45, 7) is 3.35. The first kappa shape index (κ1) is 36.2. The van der Waals surface area contributed by atoms with E-state index in [0.717, 1.165) is 15.2 Å². The largest absolute Gasteiger partial charge is 0.496 e. The summed E-state index contributed by atoms with van der Waals surface area (Å²) >= 11 is 0. The van der Waals surface area contributed by atoms with Gasteiger partial charge in [-0.15, -0.1) is 0 Å². The number of hydrogen-bond donors (Lipinski definition) is 3. The Morgan fingerprint density at radius 1 is 0.898 bits per heavy atom. The molecule has 1 aliphatic rings. The summed E-state index contributed by atoms with van der Waals surface area (Å²) in [6.07, 6.45) is 0.790. The van der Waals surface area contributed by atoms with Crippen LogP contribution in [0.25, 0.3) is 0 Å². The monoisotopic (exact) mass is 678 g/mol. The molecule has 0 spiro atoms. The molecule has 4 amide bonds. The number of carbonyl (C=O) groups is 4.